The molecule has 1 aliphatic carbocycles. The van der Waals surface area contributed by atoms with Gasteiger partial charge in [-0.2, -0.15) is 0 Å². The highest BCUT2D eigenvalue weighted by Crippen LogP contribution is 2.27. The smallest absolute Gasteiger partial charge is 0.264 e. The van der Waals surface area contributed by atoms with E-state index in [1.54, 1.807) is 48.5 Å². The van der Waals surface area contributed by atoms with Crippen molar-refractivity contribution in [3.05, 3.63) is 89.5 Å². The second-order valence-corrected chi connectivity index (χ2v) is 13.2. The third kappa shape index (κ3) is 8.16. The van der Waals surface area contributed by atoms with Crippen molar-refractivity contribution in [2.45, 2.75) is 82.8 Å². The molecule has 0 aliphatic heterocycles. The van der Waals surface area contributed by atoms with E-state index < -0.39 is 28.5 Å². The predicted molar refractivity (Wildman–Crippen MR) is 170 cm³/mol. The van der Waals surface area contributed by atoms with Gasteiger partial charge in [-0.3, -0.25) is 13.9 Å². The molecule has 3 aromatic carbocycles. The quantitative estimate of drug-likeness (QED) is 0.283. The number of carbonyl (C=O) groups is 2. The van der Waals surface area contributed by atoms with Crippen LogP contribution >= 0.6 is 0 Å². The second-order valence-electron chi connectivity index (χ2n) is 11.3. The van der Waals surface area contributed by atoms with Gasteiger partial charge in [-0.15, -0.1) is 0 Å². The van der Waals surface area contributed by atoms with E-state index in [4.69, 9.17) is 4.74 Å². The summed E-state index contributed by atoms with van der Waals surface area (Å²) >= 11 is 0. The zero-order valence-electron chi connectivity index (χ0n) is 25.6. The zero-order valence-corrected chi connectivity index (χ0v) is 26.4. The number of hydrogen-bond acceptors (Lipinski definition) is 5. The van der Waals surface area contributed by atoms with Gasteiger partial charge >= 0.3 is 0 Å². The fraction of sp³-hybridized carbons (Fsp3) is 0.412. The summed E-state index contributed by atoms with van der Waals surface area (Å²) < 4.78 is 34.5. The zero-order chi connectivity index (χ0) is 31.0. The first-order valence-corrected chi connectivity index (χ1v) is 16.4. The van der Waals surface area contributed by atoms with Crippen molar-refractivity contribution in [2.24, 2.45) is 0 Å². The monoisotopic (exact) mass is 605 g/mol. The highest BCUT2D eigenvalue weighted by molar-refractivity contribution is 7.92. The van der Waals surface area contributed by atoms with E-state index in [1.807, 2.05) is 45.0 Å². The Morgan fingerprint density at radius 3 is 2.21 bits per heavy atom. The van der Waals surface area contributed by atoms with Crippen LogP contribution in [0.5, 0.6) is 5.75 Å². The molecular weight excluding hydrogens is 562 g/mol. The normalized spacial score (nSPS) is 14.5. The van der Waals surface area contributed by atoms with E-state index in [9.17, 15) is 18.0 Å². The Bertz CT molecular complexity index is 1480. The molecule has 1 atom stereocenters. The standard InChI is InChI=1S/C34H43N3O5S/c1-5-32(34(39)35-28-12-7-6-8-13-28)36(23-27-11-9-10-26(3)22-27)33(38)24-37(29-16-18-30(42-4)19-17-29)43(40,41)31-20-14-25(2)15-21-31/h9-11,14-22,28,32H,5-8,12-13,23-24H2,1-4H3,(H,35,39)/t32-/m1/s1. The first kappa shape index (κ1) is 32.1. The maximum Gasteiger partial charge on any atom is 0.264 e. The van der Waals surface area contributed by atoms with Crippen LogP contribution in [-0.4, -0.2) is 50.9 Å². The molecule has 3 aromatic rings. The molecule has 8 nitrogen and oxygen atoms in total. The summed E-state index contributed by atoms with van der Waals surface area (Å²) in [5.41, 5.74) is 3.15. The minimum absolute atomic E-state index is 0.0778. The molecule has 0 aromatic heterocycles. The Kier molecular flexibility index (Phi) is 10.9. The Labute approximate surface area is 256 Å². The van der Waals surface area contributed by atoms with Gasteiger partial charge in [-0.05, 0) is 75.1 Å². The van der Waals surface area contributed by atoms with Gasteiger partial charge in [0.05, 0.1) is 17.7 Å². The lowest BCUT2D eigenvalue weighted by Gasteiger charge is -2.34. The molecule has 1 aliphatic rings. The van der Waals surface area contributed by atoms with Crippen molar-refractivity contribution in [2.75, 3.05) is 18.0 Å². The summed E-state index contributed by atoms with van der Waals surface area (Å²) in [6.07, 6.45) is 5.55. The van der Waals surface area contributed by atoms with Gasteiger partial charge in [-0.1, -0.05) is 73.7 Å². The van der Waals surface area contributed by atoms with Crippen LogP contribution in [0.25, 0.3) is 0 Å². The van der Waals surface area contributed by atoms with Gasteiger partial charge in [0, 0.05) is 12.6 Å². The lowest BCUT2D eigenvalue weighted by atomic mass is 9.95. The van der Waals surface area contributed by atoms with Crippen molar-refractivity contribution in [1.82, 2.24) is 10.2 Å². The number of hydrogen-bond donors (Lipinski definition) is 1. The lowest BCUT2D eigenvalue weighted by molar-refractivity contribution is -0.140. The molecule has 1 fully saturated rings. The third-order valence-corrected chi connectivity index (χ3v) is 9.81. The SMILES string of the molecule is CC[C@H](C(=O)NC1CCCCC1)N(Cc1cccc(C)c1)C(=O)CN(c1ccc(OC)cc1)S(=O)(=O)c1ccc(C)cc1. The molecule has 230 valence electrons. The molecule has 0 radical (unpaired) electrons. The Morgan fingerprint density at radius 1 is 0.930 bits per heavy atom. The Hall–Kier alpha value is -3.85. The van der Waals surface area contributed by atoms with Gasteiger partial charge < -0.3 is 15.0 Å². The molecule has 1 N–H and O–H groups in total. The van der Waals surface area contributed by atoms with Crippen LogP contribution in [-0.2, 0) is 26.2 Å². The number of methoxy groups -OCH3 is 1. The second kappa shape index (κ2) is 14.6. The molecule has 4 rings (SSSR count). The van der Waals surface area contributed by atoms with E-state index >= 15 is 0 Å². The first-order chi connectivity index (χ1) is 20.6. The average Bonchev–Trinajstić information content (AvgIpc) is 3.00. The number of ether oxygens (including phenoxy) is 1. The van der Waals surface area contributed by atoms with E-state index in [-0.39, 0.29) is 23.4 Å². The summed E-state index contributed by atoms with van der Waals surface area (Å²) in [5.74, 6) is -0.0966. The van der Waals surface area contributed by atoms with Crippen LogP contribution in [0, 0.1) is 13.8 Å². The van der Waals surface area contributed by atoms with Crippen LogP contribution in [0.4, 0.5) is 5.69 Å². The number of anilines is 1. The average molecular weight is 606 g/mol. The minimum Gasteiger partial charge on any atom is -0.497 e. The van der Waals surface area contributed by atoms with E-state index in [1.165, 1.54) is 12.0 Å². The molecule has 0 spiro atoms. The van der Waals surface area contributed by atoms with Gasteiger partial charge in [-0.25, -0.2) is 8.42 Å². The topological polar surface area (TPSA) is 96.0 Å². The molecular formula is C34H43N3O5S. The third-order valence-electron chi connectivity index (χ3n) is 8.02. The summed E-state index contributed by atoms with van der Waals surface area (Å²) in [6, 6.07) is 20.2. The molecule has 9 heteroatoms. The molecule has 0 heterocycles. The number of carbonyl (C=O) groups excluding carboxylic acids is 2. The number of nitrogens with one attached hydrogen (secondary N) is 1. The van der Waals surface area contributed by atoms with Gasteiger partial charge in [0.1, 0.15) is 18.3 Å². The summed E-state index contributed by atoms with van der Waals surface area (Å²) in [6.45, 7) is 5.45. The predicted octanol–water partition coefficient (Wildman–Crippen LogP) is 5.76. The van der Waals surface area contributed by atoms with Crippen LogP contribution < -0.4 is 14.4 Å². The van der Waals surface area contributed by atoms with E-state index in [2.05, 4.69) is 5.32 Å². The number of aryl methyl sites for hydroxylation is 2. The largest absolute Gasteiger partial charge is 0.497 e. The van der Waals surface area contributed by atoms with E-state index in [0.717, 1.165) is 53.1 Å². The first-order valence-electron chi connectivity index (χ1n) is 15.0. The molecule has 1 saturated carbocycles. The molecule has 43 heavy (non-hydrogen) atoms. The summed E-state index contributed by atoms with van der Waals surface area (Å²) in [5, 5.41) is 3.18. The fourth-order valence-corrected chi connectivity index (χ4v) is 7.00. The van der Waals surface area contributed by atoms with Crippen molar-refractivity contribution < 1.29 is 22.7 Å². The van der Waals surface area contributed by atoms with Crippen molar-refractivity contribution in [1.29, 1.82) is 0 Å². The Morgan fingerprint density at radius 2 is 1.60 bits per heavy atom. The lowest BCUT2D eigenvalue weighted by Crippen LogP contribution is -2.54. The molecule has 0 bridgehead atoms. The number of rotatable bonds is 12. The Balaban J connectivity index is 1.71. The van der Waals surface area contributed by atoms with E-state index in [0.29, 0.717) is 17.9 Å². The summed E-state index contributed by atoms with van der Waals surface area (Å²) in [4.78, 5) is 29.6. The van der Waals surface area contributed by atoms with Gasteiger partial charge in [0.25, 0.3) is 10.0 Å². The van der Waals surface area contributed by atoms with Crippen LogP contribution in [0.1, 0.15) is 62.1 Å². The molecule has 0 unspecified atom stereocenters. The number of nitrogens with zero attached hydrogens (tertiary/aromatic N) is 2. The number of amides is 2. The van der Waals surface area contributed by atoms with Crippen molar-refractivity contribution >= 4 is 27.5 Å². The van der Waals surface area contributed by atoms with Gasteiger partial charge in [0.2, 0.25) is 11.8 Å². The number of benzene rings is 3. The maximum atomic E-state index is 14.3. The number of sulfonamides is 1. The highest BCUT2D eigenvalue weighted by Gasteiger charge is 2.34. The fourth-order valence-electron chi connectivity index (χ4n) is 5.59. The van der Waals surface area contributed by atoms with Crippen LogP contribution in [0.15, 0.2) is 77.7 Å². The molecule has 0 saturated heterocycles. The minimum atomic E-state index is -4.13. The van der Waals surface area contributed by atoms with Crippen LogP contribution in [0.2, 0.25) is 0 Å². The van der Waals surface area contributed by atoms with Crippen molar-refractivity contribution in [3.63, 3.8) is 0 Å². The van der Waals surface area contributed by atoms with Crippen molar-refractivity contribution in [3.8, 4) is 5.75 Å². The highest BCUT2D eigenvalue weighted by atomic mass is 32.2. The maximum absolute atomic E-state index is 14.3. The van der Waals surface area contributed by atoms with Gasteiger partial charge in [0.15, 0.2) is 0 Å². The summed E-state index contributed by atoms with van der Waals surface area (Å²) in [7, 11) is -2.60. The molecule has 2 amide bonds. The van der Waals surface area contributed by atoms with Crippen LogP contribution in [0.3, 0.4) is 0 Å².